The zero-order chi connectivity index (χ0) is 15.1. The van der Waals surface area contributed by atoms with E-state index >= 15 is 0 Å². The number of thiazole rings is 1. The van der Waals surface area contributed by atoms with Gasteiger partial charge in [-0.05, 0) is 55.7 Å². The van der Waals surface area contributed by atoms with Crippen LogP contribution in [0.2, 0.25) is 0 Å². The van der Waals surface area contributed by atoms with E-state index in [1.165, 1.54) is 19.3 Å². The quantitative estimate of drug-likeness (QED) is 0.864. The Hall–Kier alpha value is -1.17. The predicted octanol–water partition coefficient (Wildman–Crippen LogP) is 3.81. The van der Waals surface area contributed by atoms with Crippen LogP contribution < -0.4 is 11.1 Å². The maximum atomic E-state index is 12.6. The second-order valence-corrected chi connectivity index (χ2v) is 7.61. The maximum absolute atomic E-state index is 12.6. The fourth-order valence-corrected chi connectivity index (χ4v) is 4.90. The van der Waals surface area contributed by atoms with Gasteiger partial charge < -0.3 is 11.1 Å². The van der Waals surface area contributed by atoms with Gasteiger partial charge in [-0.2, -0.15) is 0 Å². The number of aromatic nitrogens is 1. The molecule has 23 heavy (non-hydrogen) atoms. The molecule has 2 unspecified atom stereocenters. The molecule has 1 aromatic heterocycles. The molecule has 0 aliphatic heterocycles. The van der Waals surface area contributed by atoms with E-state index in [1.54, 1.807) is 11.3 Å². The zero-order valence-corrected chi connectivity index (χ0v) is 14.5. The Morgan fingerprint density at radius 3 is 2.74 bits per heavy atom. The molecule has 0 spiro atoms. The fraction of sp³-hybridized carbons (Fsp3) is 0.529. The summed E-state index contributed by atoms with van der Waals surface area (Å²) < 4.78 is 1.11. The van der Waals surface area contributed by atoms with Crippen molar-refractivity contribution in [1.29, 1.82) is 0 Å². The molecular weight excluding hydrogens is 330 g/mol. The molecular formula is C17H22ClN3OS. The number of benzene rings is 1. The first-order chi connectivity index (χ1) is 10.7. The van der Waals surface area contributed by atoms with Crippen LogP contribution in [0.4, 0.5) is 5.69 Å². The van der Waals surface area contributed by atoms with Crippen molar-refractivity contribution in [2.75, 3.05) is 5.32 Å². The van der Waals surface area contributed by atoms with E-state index in [2.05, 4.69) is 10.3 Å². The fourth-order valence-electron chi connectivity index (χ4n) is 4.18. The number of rotatable bonds is 2. The normalized spacial score (nSPS) is 29.8. The number of hydrogen-bond donors (Lipinski definition) is 2. The second kappa shape index (κ2) is 6.75. The van der Waals surface area contributed by atoms with Crippen molar-refractivity contribution in [3.8, 4) is 0 Å². The summed E-state index contributed by atoms with van der Waals surface area (Å²) in [5.41, 5.74) is 10.0. The van der Waals surface area contributed by atoms with Crippen molar-refractivity contribution in [2.45, 2.75) is 38.1 Å². The van der Waals surface area contributed by atoms with E-state index in [0.717, 1.165) is 28.7 Å². The highest BCUT2D eigenvalue weighted by molar-refractivity contribution is 7.16. The van der Waals surface area contributed by atoms with Gasteiger partial charge in [0.2, 0.25) is 5.91 Å². The van der Waals surface area contributed by atoms with Gasteiger partial charge in [-0.1, -0.05) is 6.42 Å². The number of nitrogens with one attached hydrogen (secondary N) is 1. The number of anilines is 1. The van der Waals surface area contributed by atoms with Crippen LogP contribution in [0.25, 0.3) is 10.2 Å². The van der Waals surface area contributed by atoms with Gasteiger partial charge in [0.25, 0.3) is 0 Å². The van der Waals surface area contributed by atoms with E-state index in [9.17, 15) is 4.79 Å². The lowest BCUT2D eigenvalue weighted by Crippen LogP contribution is -2.48. The van der Waals surface area contributed by atoms with Crippen LogP contribution in [-0.2, 0) is 4.79 Å². The lowest BCUT2D eigenvalue weighted by molar-refractivity contribution is -0.122. The Morgan fingerprint density at radius 1 is 1.26 bits per heavy atom. The Morgan fingerprint density at radius 2 is 2.00 bits per heavy atom. The van der Waals surface area contributed by atoms with Gasteiger partial charge in [-0.15, -0.1) is 23.7 Å². The summed E-state index contributed by atoms with van der Waals surface area (Å²) >= 11 is 1.60. The number of nitrogens with two attached hydrogens (primary N) is 1. The predicted molar refractivity (Wildman–Crippen MR) is 97.0 cm³/mol. The average Bonchev–Trinajstić information content (AvgIpc) is 2.94. The zero-order valence-electron chi connectivity index (χ0n) is 12.9. The summed E-state index contributed by atoms with van der Waals surface area (Å²) in [6.07, 6.45) is 5.56. The minimum atomic E-state index is 0. The van der Waals surface area contributed by atoms with Gasteiger partial charge >= 0.3 is 0 Å². The number of amides is 1. The average molecular weight is 352 g/mol. The smallest absolute Gasteiger partial charge is 0.227 e. The molecule has 2 bridgehead atoms. The van der Waals surface area contributed by atoms with Crippen LogP contribution in [0.15, 0.2) is 23.7 Å². The van der Waals surface area contributed by atoms with Crippen LogP contribution in [0.5, 0.6) is 0 Å². The Balaban J connectivity index is 0.00000156. The van der Waals surface area contributed by atoms with Crippen molar-refractivity contribution in [1.82, 2.24) is 4.98 Å². The van der Waals surface area contributed by atoms with Crippen molar-refractivity contribution in [2.24, 2.45) is 23.5 Å². The summed E-state index contributed by atoms with van der Waals surface area (Å²) in [4.78, 5) is 16.9. The van der Waals surface area contributed by atoms with Crippen molar-refractivity contribution in [3.63, 3.8) is 0 Å². The monoisotopic (exact) mass is 351 g/mol. The number of halogens is 1. The van der Waals surface area contributed by atoms with Crippen LogP contribution in [0, 0.1) is 17.8 Å². The number of carbonyl (C=O) groups is 1. The van der Waals surface area contributed by atoms with Gasteiger partial charge in [0, 0.05) is 17.6 Å². The standard InChI is InChI=1S/C17H21N3OS.ClH/c18-16-10-2-1-3-11(16)7-12(6-10)17(21)20-13-4-5-14-15(8-13)22-9-19-14;/h4-5,8-12,16H,1-3,6-7,18H2,(H,20,21);1H. The van der Waals surface area contributed by atoms with Crippen molar-refractivity contribution in [3.05, 3.63) is 23.7 Å². The molecule has 2 saturated carbocycles. The molecule has 0 saturated heterocycles. The van der Waals surface area contributed by atoms with Crippen molar-refractivity contribution < 1.29 is 4.79 Å². The molecule has 4 rings (SSSR count). The van der Waals surface area contributed by atoms with Gasteiger partial charge in [-0.3, -0.25) is 4.79 Å². The first kappa shape index (κ1) is 16.7. The molecule has 1 amide bonds. The van der Waals surface area contributed by atoms with Crippen molar-refractivity contribution >= 4 is 45.6 Å². The third-order valence-electron chi connectivity index (χ3n) is 5.38. The first-order valence-electron chi connectivity index (χ1n) is 8.10. The van der Waals surface area contributed by atoms with E-state index in [-0.39, 0.29) is 24.2 Å². The molecule has 6 heteroatoms. The summed E-state index contributed by atoms with van der Waals surface area (Å²) in [7, 11) is 0. The number of fused-ring (bicyclic) bond motifs is 3. The lowest BCUT2D eigenvalue weighted by atomic mass is 9.65. The van der Waals surface area contributed by atoms with Crippen LogP contribution in [0.3, 0.4) is 0 Å². The molecule has 1 heterocycles. The van der Waals surface area contributed by atoms with Gasteiger partial charge in [0.1, 0.15) is 0 Å². The molecule has 2 fully saturated rings. The highest BCUT2D eigenvalue weighted by Gasteiger charge is 2.40. The lowest BCUT2D eigenvalue weighted by Gasteiger charge is -2.43. The topological polar surface area (TPSA) is 68.0 Å². The van der Waals surface area contributed by atoms with E-state index in [4.69, 9.17) is 5.73 Å². The summed E-state index contributed by atoms with van der Waals surface area (Å²) in [6.45, 7) is 0. The Bertz CT molecular complexity index is 690. The SMILES string of the molecule is Cl.NC1C2CCCC1CC(C(=O)Nc1ccc3ncsc3c1)C2. The minimum Gasteiger partial charge on any atom is -0.327 e. The molecule has 124 valence electrons. The molecule has 2 aromatic rings. The van der Waals surface area contributed by atoms with E-state index in [1.807, 2.05) is 23.7 Å². The largest absolute Gasteiger partial charge is 0.327 e. The number of carbonyl (C=O) groups excluding carboxylic acids is 1. The van der Waals surface area contributed by atoms with E-state index < -0.39 is 0 Å². The Labute approximate surface area is 146 Å². The molecule has 2 aliphatic rings. The Kier molecular flexibility index (Phi) is 4.90. The summed E-state index contributed by atoms with van der Waals surface area (Å²) in [6, 6.07) is 6.23. The molecule has 2 aliphatic carbocycles. The highest BCUT2D eigenvalue weighted by atomic mass is 35.5. The number of nitrogens with zero attached hydrogens (tertiary/aromatic N) is 1. The van der Waals surface area contributed by atoms with Gasteiger partial charge in [0.05, 0.1) is 15.7 Å². The van der Waals surface area contributed by atoms with Crippen LogP contribution in [0.1, 0.15) is 32.1 Å². The maximum Gasteiger partial charge on any atom is 0.227 e. The third-order valence-corrected chi connectivity index (χ3v) is 6.17. The molecule has 3 N–H and O–H groups in total. The molecule has 2 atom stereocenters. The second-order valence-electron chi connectivity index (χ2n) is 6.72. The van der Waals surface area contributed by atoms with Crippen LogP contribution >= 0.6 is 23.7 Å². The minimum absolute atomic E-state index is 0. The molecule has 0 radical (unpaired) electrons. The van der Waals surface area contributed by atoms with E-state index in [0.29, 0.717) is 17.9 Å². The van der Waals surface area contributed by atoms with Gasteiger partial charge in [0.15, 0.2) is 0 Å². The molecule has 1 aromatic carbocycles. The summed E-state index contributed by atoms with van der Waals surface area (Å²) in [5.74, 6) is 1.35. The first-order valence-corrected chi connectivity index (χ1v) is 8.98. The summed E-state index contributed by atoms with van der Waals surface area (Å²) in [5, 5.41) is 3.10. The third kappa shape index (κ3) is 3.23. The van der Waals surface area contributed by atoms with Crippen LogP contribution in [-0.4, -0.2) is 16.9 Å². The van der Waals surface area contributed by atoms with Gasteiger partial charge in [-0.25, -0.2) is 4.98 Å². The number of hydrogen-bond acceptors (Lipinski definition) is 4. The molecule has 4 nitrogen and oxygen atoms in total. The highest BCUT2D eigenvalue weighted by Crippen LogP contribution is 2.42.